The van der Waals surface area contributed by atoms with Gasteiger partial charge in [0.1, 0.15) is 0 Å². The maximum Gasteiger partial charge on any atom is 0.270 e. The summed E-state index contributed by atoms with van der Waals surface area (Å²) in [5, 5.41) is 16.5. The molecule has 0 spiro atoms. The van der Waals surface area contributed by atoms with Gasteiger partial charge in [0.2, 0.25) is 0 Å². The van der Waals surface area contributed by atoms with Crippen molar-refractivity contribution in [2.24, 2.45) is 0 Å². The Morgan fingerprint density at radius 1 is 1.38 bits per heavy atom. The summed E-state index contributed by atoms with van der Waals surface area (Å²) >= 11 is 0. The van der Waals surface area contributed by atoms with Crippen molar-refractivity contribution in [1.82, 2.24) is 4.98 Å². The number of nitrogens with one attached hydrogen (secondary N) is 2. The number of nitro groups is 1. The van der Waals surface area contributed by atoms with Gasteiger partial charge in [-0.2, -0.15) is 0 Å². The van der Waals surface area contributed by atoms with E-state index in [0.717, 1.165) is 0 Å². The van der Waals surface area contributed by atoms with Crippen LogP contribution in [0.1, 0.15) is 17.3 Å². The molecule has 0 fully saturated rings. The molecule has 1 heterocycles. The lowest BCUT2D eigenvalue weighted by Crippen LogP contribution is -2.15. The van der Waals surface area contributed by atoms with E-state index in [1.54, 1.807) is 18.3 Å². The number of aromatic nitrogens is 1. The number of carbonyl (C=O) groups excluding carboxylic acids is 1. The molecule has 7 heteroatoms. The molecule has 0 aliphatic rings. The maximum absolute atomic E-state index is 12.3. The molecule has 2 N–H and O–H groups in total. The zero-order chi connectivity index (χ0) is 15.2. The molecular formula is C14H14N4O3. The zero-order valence-corrected chi connectivity index (χ0v) is 11.4. The Morgan fingerprint density at radius 2 is 2.19 bits per heavy atom. The summed E-state index contributed by atoms with van der Waals surface area (Å²) in [6.07, 6.45) is 3.09. The van der Waals surface area contributed by atoms with Crippen LogP contribution in [0.4, 0.5) is 17.1 Å². The number of hydrogen-bond acceptors (Lipinski definition) is 5. The van der Waals surface area contributed by atoms with Gasteiger partial charge in [-0.05, 0) is 25.1 Å². The van der Waals surface area contributed by atoms with Gasteiger partial charge in [-0.3, -0.25) is 19.9 Å². The Bertz CT molecular complexity index is 659. The van der Waals surface area contributed by atoms with Crippen LogP contribution in [0.2, 0.25) is 0 Å². The summed E-state index contributed by atoms with van der Waals surface area (Å²) in [6, 6.07) is 7.52. The zero-order valence-electron chi connectivity index (χ0n) is 11.4. The molecule has 7 nitrogen and oxygen atoms in total. The Labute approximate surface area is 121 Å². The molecule has 1 amide bonds. The van der Waals surface area contributed by atoms with Gasteiger partial charge in [-0.15, -0.1) is 0 Å². The van der Waals surface area contributed by atoms with E-state index in [9.17, 15) is 14.9 Å². The van der Waals surface area contributed by atoms with E-state index in [1.807, 2.05) is 6.92 Å². The largest absolute Gasteiger partial charge is 0.385 e. The van der Waals surface area contributed by atoms with E-state index in [1.165, 1.54) is 24.4 Å². The van der Waals surface area contributed by atoms with Gasteiger partial charge in [0, 0.05) is 30.6 Å². The van der Waals surface area contributed by atoms with Crippen LogP contribution in [0, 0.1) is 10.1 Å². The lowest BCUT2D eigenvalue weighted by Gasteiger charge is -2.10. The number of non-ortho nitro benzene ring substituents is 1. The average molecular weight is 286 g/mol. The molecule has 0 aliphatic heterocycles. The Morgan fingerprint density at radius 3 is 2.81 bits per heavy atom. The van der Waals surface area contributed by atoms with Crippen molar-refractivity contribution in [2.75, 3.05) is 17.2 Å². The van der Waals surface area contributed by atoms with Crippen molar-refractivity contribution in [3.05, 3.63) is 58.4 Å². The lowest BCUT2D eigenvalue weighted by atomic mass is 10.1. The second-order valence-electron chi connectivity index (χ2n) is 4.21. The normalized spacial score (nSPS) is 9.95. The van der Waals surface area contributed by atoms with Crippen LogP contribution in [-0.4, -0.2) is 22.4 Å². The molecule has 0 atom stereocenters. The summed E-state index contributed by atoms with van der Waals surface area (Å²) in [6.45, 7) is 2.48. The fourth-order valence-electron chi connectivity index (χ4n) is 1.81. The minimum Gasteiger partial charge on any atom is -0.385 e. The highest BCUT2D eigenvalue weighted by Crippen LogP contribution is 2.23. The minimum absolute atomic E-state index is 0.131. The molecule has 1 aromatic heterocycles. The van der Waals surface area contributed by atoms with Gasteiger partial charge < -0.3 is 10.6 Å². The Hall–Kier alpha value is -2.96. The quantitative estimate of drug-likeness (QED) is 0.650. The van der Waals surface area contributed by atoms with Gasteiger partial charge in [0.05, 0.1) is 22.4 Å². The van der Waals surface area contributed by atoms with Crippen molar-refractivity contribution in [3.8, 4) is 0 Å². The number of nitro benzene ring substituents is 1. The second-order valence-corrected chi connectivity index (χ2v) is 4.21. The average Bonchev–Trinajstić information content (AvgIpc) is 2.48. The highest BCUT2D eigenvalue weighted by atomic mass is 16.6. The number of rotatable bonds is 5. The molecular weight excluding hydrogens is 272 g/mol. The van der Waals surface area contributed by atoms with Gasteiger partial charge >= 0.3 is 0 Å². The molecule has 0 unspecified atom stereocenters. The first-order chi connectivity index (χ1) is 10.1. The van der Waals surface area contributed by atoms with E-state index < -0.39 is 10.8 Å². The molecule has 0 radical (unpaired) electrons. The molecule has 0 bridgehead atoms. The van der Waals surface area contributed by atoms with E-state index in [4.69, 9.17) is 0 Å². The maximum atomic E-state index is 12.3. The van der Waals surface area contributed by atoms with Gasteiger partial charge in [-0.1, -0.05) is 0 Å². The summed E-state index contributed by atoms with van der Waals surface area (Å²) in [7, 11) is 0. The molecule has 0 saturated carbocycles. The van der Waals surface area contributed by atoms with Crippen LogP contribution in [0.3, 0.4) is 0 Å². The molecule has 21 heavy (non-hydrogen) atoms. The highest BCUT2D eigenvalue weighted by Gasteiger charge is 2.16. The summed E-state index contributed by atoms with van der Waals surface area (Å²) in [5.74, 6) is -0.428. The fraction of sp³-hybridized carbons (Fsp3) is 0.143. The third-order valence-electron chi connectivity index (χ3n) is 2.75. The first-order valence-corrected chi connectivity index (χ1v) is 6.35. The van der Waals surface area contributed by atoms with Crippen LogP contribution < -0.4 is 10.6 Å². The summed E-state index contributed by atoms with van der Waals surface area (Å²) in [4.78, 5) is 26.5. The highest BCUT2D eigenvalue weighted by molar-refractivity contribution is 6.08. The third kappa shape index (κ3) is 3.53. The number of benzene rings is 1. The molecule has 1 aromatic carbocycles. The van der Waals surface area contributed by atoms with Crippen LogP contribution in [0.15, 0.2) is 42.7 Å². The first kappa shape index (κ1) is 14.4. The van der Waals surface area contributed by atoms with Gasteiger partial charge in [-0.25, -0.2) is 0 Å². The van der Waals surface area contributed by atoms with Gasteiger partial charge in [0.15, 0.2) is 0 Å². The molecule has 2 rings (SSSR count). The summed E-state index contributed by atoms with van der Waals surface area (Å²) in [5.41, 5.74) is 1.16. The van der Waals surface area contributed by atoms with E-state index >= 15 is 0 Å². The molecule has 0 aliphatic carbocycles. The molecule has 0 saturated heterocycles. The van der Waals surface area contributed by atoms with Crippen molar-refractivity contribution < 1.29 is 9.72 Å². The Kier molecular flexibility index (Phi) is 4.45. The standard InChI is InChI=1S/C14H14N4O3/c1-2-16-13-6-5-11(18(20)21)8-12(13)14(19)17-10-4-3-7-15-9-10/h3-9,16H,2H2,1H3,(H,17,19). The monoisotopic (exact) mass is 286 g/mol. The number of hydrogen-bond donors (Lipinski definition) is 2. The SMILES string of the molecule is CCNc1ccc([N+](=O)[O-])cc1C(=O)Nc1cccnc1. The van der Waals surface area contributed by atoms with Crippen LogP contribution in [0.25, 0.3) is 0 Å². The van der Waals surface area contributed by atoms with Crippen LogP contribution >= 0.6 is 0 Å². The van der Waals surface area contributed by atoms with Gasteiger partial charge in [0.25, 0.3) is 11.6 Å². The number of nitrogens with zero attached hydrogens (tertiary/aromatic N) is 2. The predicted molar refractivity (Wildman–Crippen MR) is 79.5 cm³/mol. The fourth-order valence-corrected chi connectivity index (χ4v) is 1.81. The lowest BCUT2D eigenvalue weighted by molar-refractivity contribution is -0.384. The molecule has 2 aromatic rings. The second kappa shape index (κ2) is 6.47. The Balaban J connectivity index is 2.33. The molecule has 108 valence electrons. The minimum atomic E-state index is -0.531. The number of anilines is 2. The number of carbonyl (C=O) groups is 1. The van der Waals surface area contributed by atoms with E-state index in [2.05, 4.69) is 15.6 Å². The van der Waals surface area contributed by atoms with Crippen molar-refractivity contribution >= 4 is 23.0 Å². The van der Waals surface area contributed by atoms with Crippen LogP contribution in [-0.2, 0) is 0 Å². The third-order valence-corrected chi connectivity index (χ3v) is 2.75. The van der Waals surface area contributed by atoms with Crippen molar-refractivity contribution in [2.45, 2.75) is 6.92 Å². The smallest absolute Gasteiger partial charge is 0.270 e. The predicted octanol–water partition coefficient (Wildman–Crippen LogP) is 2.67. The van der Waals surface area contributed by atoms with Crippen LogP contribution in [0.5, 0.6) is 0 Å². The first-order valence-electron chi connectivity index (χ1n) is 6.35. The number of amides is 1. The van der Waals surface area contributed by atoms with E-state index in [0.29, 0.717) is 17.9 Å². The topological polar surface area (TPSA) is 97.2 Å². The number of pyridine rings is 1. The van der Waals surface area contributed by atoms with E-state index in [-0.39, 0.29) is 11.3 Å². The summed E-state index contributed by atoms with van der Waals surface area (Å²) < 4.78 is 0. The van der Waals surface area contributed by atoms with Crippen molar-refractivity contribution in [3.63, 3.8) is 0 Å². The van der Waals surface area contributed by atoms with Crippen molar-refractivity contribution in [1.29, 1.82) is 0 Å².